The summed E-state index contributed by atoms with van der Waals surface area (Å²) in [7, 11) is 1.42. The Labute approximate surface area is 156 Å². The smallest absolute Gasteiger partial charge is 0.263 e. The van der Waals surface area contributed by atoms with Crippen molar-refractivity contribution in [2.24, 2.45) is 0 Å². The molecule has 1 aliphatic carbocycles. The topological polar surface area (TPSA) is 80.2 Å². The predicted molar refractivity (Wildman–Crippen MR) is 99.4 cm³/mol. The Kier molecular flexibility index (Phi) is 5.39. The van der Waals surface area contributed by atoms with E-state index in [9.17, 15) is 18.8 Å². The lowest BCUT2D eigenvalue weighted by atomic mass is 9.93. The van der Waals surface area contributed by atoms with Crippen molar-refractivity contribution in [1.29, 1.82) is 0 Å². The first-order valence-electron chi connectivity index (χ1n) is 8.91. The molecule has 3 rings (SSSR count). The highest BCUT2D eigenvalue weighted by Crippen LogP contribution is 2.18. The molecule has 1 heterocycles. The minimum atomic E-state index is -0.567. The molecule has 2 amide bonds. The molecule has 2 N–H and O–H groups in total. The van der Waals surface area contributed by atoms with Gasteiger partial charge in [-0.25, -0.2) is 4.39 Å². The van der Waals surface area contributed by atoms with Crippen LogP contribution in [0.15, 0.2) is 35.3 Å². The number of aryl methyl sites for hydroxylation is 1. The van der Waals surface area contributed by atoms with Crippen LogP contribution in [0.4, 0.5) is 4.39 Å². The second-order valence-electron chi connectivity index (χ2n) is 6.89. The Hall–Kier alpha value is -2.96. The van der Waals surface area contributed by atoms with E-state index in [2.05, 4.69) is 10.6 Å². The largest absolute Gasteiger partial charge is 0.355 e. The average molecular weight is 371 g/mol. The number of carbonyl (C=O) groups is 2. The van der Waals surface area contributed by atoms with Gasteiger partial charge in [-0.2, -0.15) is 0 Å². The third-order valence-corrected chi connectivity index (χ3v) is 4.72. The van der Waals surface area contributed by atoms with Gasteiger partial charge in [-0.3, -0.25) is 14.4 Å². The number of aromatic nitrogens is 1. The molecule has 1 aromatic carbocycles. The number of benzene rings is 1. The number of halogens is 1. The highest BCUT2D eigenvalue weighted by atomic mass is 19.1. The summed E-state index contributed by atoms with van der Waals surface area (Å²) in [4.78, 5) is 37.3. The summed E-state index contributed by atoms with van der Waals surface area (Å²) in [5.74, 6) is -1.29. The maximum absolute atomic E-state index is 13.7. The summed E-state index contributed by atoms with van der Waals surface area (Å²) in [6, 6.07) is 5.93. The first-order chi connectivity index (χ1) is 12.9. The van der Waals surface area contributed by atoms with Crippen molar-refractivity contribution in [3.05, 3.63) is 68.9 Å². The molecule has 7 heteroatoms. The number of nitrogens with zero attached hydrogens (tertiary/aromatic N) is 1. The lowest BCUT2D eigenvalue weighted by Gasteiger charge is -2.26. The fourth-order valence-electron chi connectivity index (χ4n) is 3.10. The lowest BCUT2D eigenvalue weighted by molar-refractivity contribution is 0.0916. The van der Waals surface area contributed by atoms with Crippen molar-refractivity contribution < 1.29 is 14.0 Å². The number of hydrogen-bond acceptors (Lipinski definition) is 3. The zero-order valence-electron chi connectivity index (χ0n) is 15.3. The van der Waals surface area contributed by atoms with Gasteiger partial charge in [-0.05, 0) is 55.5 Å². The molecule has 2 aromatic rings. The molecule has 1 aromatic heterocycles. The monoisotopic (exact) mass is 371 g/mol. The fraction of sp³-hybridized carbons (Fsp3) is 0.350. The van der Waals surface area contributed by atoms with Gasteiger partial charge in [0, 0.05) is 19.3 Å². The van der Waals surface area contributed by atoms with Crippen LogP contribution < -0.4 is 16.2 Å². The lowest BCUT2D eigenvalue weighted by Crippen LogP contribution is -2.40. The van der Waals surface area contributed by atoms with Crippen molar-refractivity contribution in [2.45, 2.75) is 38.8 Å². The van der Waals surface area contributed by atoms with Crippen molar-refractivity contribution in [1.82, 2.24) is 15.2 Å². The van der Waals surface area contributed by atoms with Gasteiger partial charge in [0.1, 0.15) is 11.4 Å². The highest BCUT2D eigenvalue weighted by molar-refractivity contribution is 5.99. The molecule has 27 heavy (non-hydrogen) atoms. The van der Waals surface area contributed by atoms with Crippen LogP contribution in [0.1, 0.15) is 51.1 Å². The molecular formula is C20H22FN3O3. The summed E-state index contributed by atoms with van der Waals surface area (Å²) in [5, 5.41) is 5.32. The molecule has 0 aliphatic heterocycles. The van der Waals surface area contributed by atoms with E-state index >= 15 is 0 Å². The van der Waals surface area contributed by atoms with Crippen molar-refractivity contribution in [3.63, 3.8) is 0 Å². The van der Waals surface area contributed by atoms with Crippen LogP contribution in [-0.2, 0) is 6.54 Å². The predicted octanol–water partition coefficient (Wildman–Crippen LogP) is 1.99. The number of hydrogen-bond donors (Lipinski definition) is 2. The van der Waals surface area contributed by atoms with E-state index in [4.69, 9.17) is 0 Å². The van der Waals surface area contributed by atoms with Crippen LogP contribution in [0.2, 0.25) is 0 Å². The summed E-state index contributed by atoms with van der Waals surface area (Å²) in [5.41, 5.74) is 0.883. The van der Waals surface area contributed by atoms with Crippen molar-refractivity contribution in [2.75, 3.05) is 7.05 Å². The molecule has 1 fully saturated rings. The van der Waals surface area contributed by atoms with Crippen LogP contribution in [0.3, 0.4) is 0 Å². The van der Waals surface area contributed by atoms with E-state index in [0.29, 0.717) is 5.56 Å². The van der Waals surface area contributed by atoms with Crippen molar-refractivity contribution in [3.8, 4) is 0 Å². The minimum Gasteiger partial charge on any atom is -0.355 e. The van der Waals surface area contributed by atoms with Gasteiger partial charge >= 0.3 is 0 Å². The molecular weight excluding hydrogens is 349 g/mol. The summed E-state index contributed by atoms with van der Waals surface area (Å²) in [6.07, 6.45) is 4.35. The van der Waals surface area contributed by atoms with Crippen LogP contribution >= 0.6 is 0 Å². The van der Waals surface area contributed by atoms with Gasteiger partial charge in [0.05, 0.1) is 12.1 Å². The van der Waals surface area contributed by atoms with Gasteiger partial charge in [0.2, 0.25) is 0 Å². The van der Waals surface area contributed by atoms with Crippen LogP contribution in [0, 0.1) is 12.7 Å². The average Bonchev–Trinajstić information content (AvgIpc) is 2.58. The second kappa shape index (κ2) is 7.73. The Morgan fingerprint density at radius 3 is 2.52 bits per heavy atom. The number of rotatable bonds is 5. The molecule has 1 saturated carbocycles. The van der Waals surface area contributed by atoms with Crippen LogP contribution in [0.5, 0.6) is 0 Å². The van der Waals surface area contributed by atoms with Crippen LogP contribution in [-0.4, -0.2) is 29.5 Å². The van der Waals surface area contributed by atoms with Gasteiger partial charge in [0.15, 0.2) is 0 Å². The maximum Gasteiger partial charge on any atom is 0.263 e. The Morgan fingerprint density at radius 2 is 1.93 bits per heavy atom. The normalized spacial score (nSPS) is 13.7. The Morgan fingerprint density at radius 1 is 1.19 bits per heavy atom. The Bertz CT molecular complexity index is 928. The fourth-order valence-corrected chi connectivity index (χ4v) is 3.10. The van der Waals surface area contributed by atoms with E-state index < -0.39 is 17.3 Å². The van der Waals surface area contributed by atoms with E-state index in [-0.39, 0.29) is 29.6 Å². The number of nitrogens with one attached hydrogen (secondary N) is 2. The highest BCUT2D eigenvalue weighted by Gasteiger charge is 2.22. The van der Waals surface area contributed by atoms with E-state index in [0.717, 1.165) is 24.8 Å². The molecule has 0 unspecified atom stereocenters. The van der Waals surface area contributed by atoms with Gasteiger partial charge in [-0.15, -0.1) is 0 Å². The molecule has 1 aliphatic rings. The first-order valence-corrected chi connectivity index (χ1v) is 8.91. The zero-order valence-corrected chi connectivity index (χ0v) is 15.3. The molecule has 6 nitrogen and oxygen atoms in total. The SMILES string of the molecule is CNC(=O)c1cc(C(=O)NC2CCC2)cn(Cc2cc(C)cc(F)c2)c1=O. The quantitative estimate of drug-likeness (QED) is 0.844. The standard InChI is InChI=1S/C20H22FN3O3/c1-12-6-13(8-15(21)7-12)10-24-11-14(18(25)23-16-4-3-5-16)9-17(20(24)27)19(26)22-2/h6-9,11,16H,3-5,10H2,1-2H3,(H,22,26)(H,23,25). The zero-order chi connectivity index (χ0) is 19.6. The van der Waals surface area contributed by atoms with Gasteiger partial charge in [0.25, 0.3) is 17.4 Å². The van der Waals surface area contributed by atoms with Gasteiger partial charge < -0.3 is 15.2 Å². The molecule has 0 atom stereocenters. The Balaban J connectivity index is 1.99. The van der Waals surface area contributed by atoms with Gasteiger partial charge in [-0.1, -0.05) is 6.07 Å². The third-order valence-electron chi connectivity index (χ3n) is 4.72. The number of amides is 2. The molecule has 0 spiro atoms. The summed E-state index contributed by atoms with van der Waals surface area (Å²) >= 11 is 0. The maximum atomic E-state index is 13.7. The van der Waals surface area contributed by atoms with E-state index in [1.807, 2.05) is 0 Å². The summed E-state index contributed by atoms with van der Waals surface area (Å²) in [6.45, 7) is 1.82. The van der Waals surface area contributed by atoms with Crippen molar-refractivity contribution >= 4 is 11.8 Å². The van der Waals surface area contributed by atoms with E-state index in [1.54, 1.807) is 13.0 Å². The molecule has 0 radical (unpaired) electrons. The minimum absolute atomic E-state index is 0.0615. The first kappa shape index (κ1) is 18.8. The second-order valence-corrected chi connectivity index (χ2v) is 6.89. The molecule has 0 saturated heterocycles. The third kappa shape index (κ3) is 4.24. The van der Waals surface area contributed by atoms with Crippen LogP contribution in [0.25, 0.3) is 0 Å². The number of carbonyl (C=O) groups excluding carboxylic acids is 2. The van der Waals surface area contributed by atoms with E-state index in [1.165, 1.54) is 36.0 Å². The molecule has 0 bridgehead atoms. The number of pyridine rings is 1. The summed E-state index contributed by atoms with van der Waals surface area (Å²) < 4.78 is 14.9. The molecule has 142 valence electrons.